The van der Waals surface area contributed by atoms with Gasteiger partial charge < -0.3 is 10.2 Å². The molecule has 0 fully saturated rings. The minimum atomic E-state index is -0.252. The average molecular weight is 294 g/mol. The van der Waals surface area contributed by atoms with E-state index in [0.717, 1.165) is 17.1 Å². The number of nitrogens with one attached hydrogen (secondary N) is 1. The summed E-state index contributed by atoms with van der Waals surface area (Å²) in [6.07, 6.45) is 1.65. The highest BCUT2D eigenvalue weighted by Gasteiger charge is 2.14. The molecule has 0 saturated heterocycles. The highest BCUT2D eigenvalue weighted by atomic mass is 32.1. The lowest BCUT2D eigenvalue weighted by molar-refractivity contribution is 0.583. The van der Waals surface area contributed by atoms with Crippen LogP contribution in [0, 0.1) is 12.7 Å². The third-order valence-electron chi connectivity index (χ3n) is 3.10. The molecular formula is C14H19FN4S. The second-order valence-corrected chi connectivity index (χ2v) is 5.54. The van der Waals surface area contributed by atoms with Crippen LogP contribution in [-0.2, 0) is 13.1 Å². The largest absolute Gasteiger partial charge is 0.352 e. The first kappa shape index (κ1) is 14.9. The zero-order chi connectivity index (χ0) is 14.5. The standard InChI is InChI=1S/C14H19FN4S/c1-4-16-7-11-5-6-17-14(13(11)15)19(3)8-12-10(2)18-9-20-12/h5-6,9,16H,4,7-8H2,1-3H3. The van der Waals surface area contributed by atoms with Crippen LogP contribution in [-0.4, -0.2) is 23.6 Å². The summed E-state index contributed by atoms with van der Waals surface area (Å²) in [6, 6.07) is 1.72. The number of halogens is 1. The van der Waals surface area contributed by atoms with Crippen LogP contribution >= 0.6 is 11.3 Å². The maximum atomic E-state index is 14.4. The number of aryl methyl sites for hydroxylation is 1. The lowest BCUT2D eigenvalue weighted by Crippen LogP contribution is -2.21. The summed E-state index contributed by atoms with van der Waals surface area (Å²) in [4.78, 5) is 11.3. The highest BCUT2D eigenvalue weighted by Crippen LogP contribution is 2.22. The van der Waals surface area contributed by atoms with Crippen LogP contribution in [0.15, 0.2) is 17.8 Å². The van der Waals surface area contributed by atoms with Gasteiger partial charge in [0.1, 0.15) is 0 Å². The van der Waals surface area contributed by atoms with Gasteiger partial charge in [-0.15, -0.1) is 11.3 Å². The van der Waals surface area contributed by atoms with Crippen LogP contribution in [0.25, 0.3) is 0 Å². The van der Waals surface area contributed by atoms with E-state index in [1.807, 2.05) is 31.3 Å². The van der Waals surface area contributed by atoms with Crippen LogP contribution in [0.3, 0.4) is 0 Å². The summed E-state index contributed by atoms with van der Waals surface area (Å²) in [5.41, 5.74) is 3.44. The predicted octanol–water partition coefficient (Wildman–Crippen LogP) is 2.73. The van der Waals surface area contributed by atoms with Crippen LogP contribution in [0.5, 0.6) is 0 Å². The molecule has 0 unspecified atom stereocenters. The summed E-state index contributed by atoms with van der Waals surface area (Å²) in [5, 5.41) is 3.13. The number of pyridine rings is 1. The van der Waals surface area contributed by atoms with Crippen LogP contribution < -0.4 is 10.2 Å². The molecule has 20 heavy (non-hydrogen) atoms. The van der Waals surface area contributed by atoms with Gasteiger partial charge in [0, 0.05) is 30.2 Å². The smallest absolute Gasteiger partial charge is 0.170 e. The molecular weight excluding hydrogens is 275 g/mol. The third kappa shape index (κ3) is 3.32. The molecule has 0 atom stereocenters. The number of hydrogen-bond donors (Lipinski definition) is 1. The van der Waals surface area contributed by atoms with Crippen LogP contribution in [0.2, 0.25) is 0 Å². The fourth-order valence-corrected chi connectivity index (χ4v) is 2.73. The summed E-state index contributed by atoms with van der Waals surface area (Å²) in [6.45, 7) is 5.91. The van der Waals surface area contributed by atoms with E-state index in [-0.39, 0.29) is 5.82 Å². The number of anilines is 1. The van der Waals surface area contributed by atoms with Gasteiger partial charge in [-0.1, -0.05) is 6.92 Å². The summed E-state index contributed by atoms with van der Waals surface area (Å²) < 4.78 is 14.4. The number of rotatable bonds is 6. The van der Waals surface area contributed by atoms with Crippen molar-refractivity contribution in [1.82, 2.24) is 15.3 Å². The van der Waals surface area contributed by atoms with E-state index >= 15 is 0 Å². The fourth-order valence-electron chi connectivity index (χ4n) is 1.90. The van der Waals surface area contributed by atoms with E-state index in [9.17, 15) is 4.39 Å². The molecule has 0 spiro atoms. The molecule has 0 aliphatic carbocycles. The van der Waals surface area contributed by atoms with E-state index < -0.39 is 0 Å². The number of thiazole rings is 1. The normalized spacial score (nSPS) is 10.8. The van der Waals surface area contributed by atoms with E-state index in [2.05, 4.69) is 15.3 Å². The van der Waals surface area contributed by atoms with E-state index in [4.69, 9.17) is 0 Å². The Labute approximate surface area is 122 Å². The molecule has 2 rings (SSSR count). The molecule has 0 aliphatic rings. The van der Waals surface area contributed by atoms with Crippen molar-refractivity contribution in [2.24, 2.45) is 0 Å². The average Bonchev–Trinajstić information content (AvgIpc) is 2.83. The van der Waals surface area contributed by atoms with Gasteiger partial charge in [0.25, 0.3) is 0 Å². The van der Waals surface area contributed by atoms with Crippen molar-refractivity contribution < 1.29 is 4.39 Å². The molecule has 0 aliphatic heterocycles. The van der Waals surface area contributed by atoms with E-state index in [1.54, 1.807) is 23.6 Å². The topological polar surface area (TPSA) is 41.1 Å². The molecule has 6 heteroatoms. The van der Waals surface area contributed by atoms with Crippen molar-refractivity contribution in [3.8, 4) is 0 Å². The first-order valence-corrected chi connectivity index (χ1v) is 7.45. The first-order chi connectivity index (χ1) is 9.63. The minimum absolute atomic E-state index is 0.252. The highest BCUT2D eigenvalue weighted by molar-refractivity contribution is 7.09. The quantitative estimate of drug-likeness (QED) is 0.889. The van der Waals surface area contributed by atoms with Gasteiger partial charge in [-0.25, -0.2) is 14.4 Å². The van der Waals surface area contributed by atoms with Gasteiger partial charge in [0.2, 0.25) is 0 Å². The Morgan fingerprint density at radius 2 is 2.20 bits per heavy atom. The van der Waals surface area contributed by atoms with Gasteiger partial charge in [0.05, 0.1) is 17.7 Å². The maximum Gasteiger partial charge on any atom is 0.170 e. The molecule has 2 aromatic rings. The van der Waals surface area contributed by atoms with Crippen LogP contribution in [0.4, 0.5) is 10.2 Å². The second kappa shape index (κ2) is 6.76. The van der Waals surface area contributed by atoms with Gasteiger partial charge in [0.15, 0.2) is 11.6 Å². The monoisotopic (exact) mass is 294 g/mol. The lowest BCUT2D eigenvalue weighted by Gasteiger charge is -2.19. The molecule has 4 nitrogen and oxygen atoms in total. The summed E-state index contributed by atoms with van der Waals surface area (Å²) >= 11 is 1.58. The summed E-state index contributed by atoms with van der Waals surface area (Å²) in [7, 11) is 1.85. The molecule has 1 N–H and O–H groups in total. The second-order valence-electron chi connectivity index (χ2n) is 4.61. The van der Waals surface area contributed by atoms with Gasteiger partial charge in [-0.3, -0.25) is 0 Å². The zero-order valence-electron chi connectivity index (χ0n) is 12.0. The Morgan fingerprint density at radius 3 is 2.85 bits per heavy atom. The Bertz CT molecular complexity index is 570. The molecule has 0 bridgehead atoms. The van der Waals surface area contributed by atoms with Crippen molar-refractivity contribution in [1.29, 1.82) is 0 Å². The predicted molar refractivity (Wildman–Crippen MR) is 80.5 cm³/mol. The van der Waals surface area contributed by atoms with E-state index in [0.29, 0.717) is 24.5 Å². The SMILES string of the molecule is CCNCc1ccnc(N(C)Cc2scnc2C)c1F. The minimum Gasteiger partial charge on any atom is -0.352 e. The molecule has 108 valence electrons. The van der Waals surface area contributed by atoms with E-state index in [1.165, 1.54) is 0 Å². The number of nitrogens with zero attached hydrogens (tertiary/aromatic N) is 3. The molecule has 2 heterocycles. The Morgan fingerprint density at radius 1 is 1.40 bits per heavy atom. The Balaban J connectivity index is 2.17. The third-order valence-corrected chi connectivity index (χ3v) is 4.02. The molecule has 0 aromatic carbocycles. The first-order valence-electron chi connectivity index (χ1n) is 6.57. The van der Waals surface area contributed by atoms with Crippen molar-refractivity contribution >= 4 is 17.2 Å². The van der Waals surface area contributed by atoms with Gasteiger partial charge >= 0.3 is 0 Å². The maximum absolute atomic E-state index is 14.4. The van der Waals surface area contributed by atoms with Crippen LogP contribution in [0.1, 0.15) is 23.1 Å². The number of hydrogen-bond acceptors (Lipinski definition) is 5. The Hall–Kier alpha value is -1.53. The number of aromatic nitrogens is 2. The molecule has 0 amide bonds. The van der Waals surface area contributed by atoms with Gasteiger partial charge in [-0.2, -0.15) is 0 Å². The molecule has 0 radical (unpaired) electrons. The van der Waals surface area contributed by atoms with Crippen molar-refractivity contribution in [3.63, 3.8) is 0 Å². The Kier molecular flexibility index (Phi) is 5.03. The van der Waals surface area contributed by atoms with Crippen molar-refractivity contribution in [3.05, 3.63) is 39.7 Å². The lowest BCUT2D eigenvalue weighted by atomic mass is 10.2. The molecule has 2 aromatic heterocycles. The zero-order valence-corrected chi connectivity index (χ0v) is 12.8. The fraction of sp³-hybridized carbons (Fsp3) is 0.429. The van der Waals surface area contributed by atoms with Gasteiger partial charge in [-0.05, 0) is 19.5 Å². The molecule has 0 saturated carbocycles. The van der Waals surface area contributed by atoms with Crippen molar-refractivity contribution in [2.75, 3.05) is 18.5 Å². The summed E-state index contributed by atoms with van der Waals surface area (Å²) in [5.74, 6) is 0.131. The van der Waals surface area contributed by atoms with Crippen molar-refractivity contribution in [2.45, 2.75) is 26.9 Å².